The molecule has 0 saturated carbocycles. The number of hydrogen-bond acceptors (Lipinski definition) is 2. The molecule has 0 saturated heterocycles. The minimum absolute atomic E-state index is 0.204. The largest absolute Gasteiger partial charge is 0.490 e. The van der Waals surface area contributed by atoms with Crippen molar-refractivity contribution < 1.29 is 9.53 Å². The molecule has 0 unspecified atom stereocenters. The van der Waals surface area contributed by atoms with Crippen molar-refractivity contribution in [2.75, 3.05) is 6.61 Å². The predicted octanol–water partition coefficient (Wildman–Crippen LogP) is 4.00. The first kappa shape index (κ1) is 13.3. The fourth-order valence-electron chi connectivity index (χ4n) is 1.94. The number of Topliss-reactive ketones (excluding diaryl/α,β-unsaturated/α-hetero) is 1. The monoisotopic (exact) mass is 224 g/mol. The zero-order valence-electron chi connectivity index (χ0n) is 10.5. The highest BCUT2D eigenvalue weighted by Crippen LogP contribution is 2.14. The molecule has 0 fully saturated rings. The van der Waals surface area contributed by atoms with E-state index in [1.165, 1.54) is 32.1 Å². The molecule has 0 aromatic heterocycles. The lowest BCUT2D eigenvalue weighted by molar-refractivity contribution is -0.119. The van der Waals surface area contributed by atoms with Crippen LogP contribution in [0.4, 0.5) is 0 Å². The van der Waals surface area contributed by atoms with Crippen molar-refractivity contribution in [3.8, 4) is 0 Å². The summed E-state index contributed by atoms with van der Waals surface area (Å²) in [5, 5.41) is 0. The van der Waals surface area contributed by atoms with Crippen LogP contribution < -0.4 is 0 Å². The first-order valence-electron chi connectivity index (χ1n) is 6.70. The maximum absolute atomic E-state index is 11.7. The van der Waals surface area contributed by atoms with Gasteiger partial charge in [0.25, 0.3) is 0 Å². The average Bonchev–Trinajstić information content (AvgIpc) is 2.34. The van der Waals surface area contributed by atoms with Gasteiger partial charge in [0.2, 0.25) is 0 Å². The van der Waals surface area contributed by atoms with Gasteiger partial charge in [0.1, 0.15) is 0 Å². The Bertz CT molecular complexity index is 231. The smallest absolute Gasteiger partial charge is 0.197 e. The van der Waals surface area contributed by atoms with E-state index in [-0.39, 0.29) is 5.78 Å². The predicted molar refractivity (Wildman–Crippen MR) is 66.3 cm³/mol. The summed E-state index contributed by atoms with van der Waals surface area (Å²) in [5.41, 5.74) is 0. The van der Waals surface area contributed by atoms with Crippen molar-refractivity contribution >= 4 is 5.78 Å². The van der Waals surface area contributed by atoms with Gasteiger partial charge < -0.3 is 4.74 Å². The minimum atomic E-state index is 0.204. The summed E-state index contributed by atoms with van der Waals surface area (Å²) in [5.74, 6) is 0.829. The van der Waals surface area contributed by atoms with E-state index in [1.54, 1.807) is 0 Å². The van der Waals surface area contributed by atoms with Crippen LogP contribution in [-0.4, -0.2) is 12.4 Å². The molecule has 1 heterocycles. The number of carbonyl (C=O) groups is 1. The van der Waals surface area contributed by atoms with E-state index in [0.29, 0.717) is 18.8 Å². The molecule has 2 nitrogen and oxygen atoms in total. The Kier molecular flexibility index (Phi) is 6.95. The fourth-order valence-corrected chi connectivity index (χ4v) is 1.94. The molecule has 0 spiro atoms. The van der Waals surface area contributed by atoms with Gasteiger partial charge in [-0.15, -0.1) is 0 Å². The standard InChI is InChI=1S/C14H24O2/c1-2-3-4-5-6-7-10-13(15)14-11-8-9-12-16-14/h11H,2-10,12H2,1H3. The van der Waals surface area contributed by atoms with E-state index in [2.05, 4.69) is 6.92 Å². The summed E-state index contributed by atoms with van der Waals surface area (Å²) in [6, 6.07) is 0. The maximum Gasteiger partial charge on any atom is 0.197 e. The van der Waals surface area contributed by atoms with Gasteiger partial charge in [-0.25, -0.2) is 0 Å². The van der Waals surface area contributed by atoms with E-state index in [0.717, 1.165) is 19.3 Å². The van der Waals surface area contributed by atoms with Crippen molar-refractivity contribution in [1.29, 1.82) is 0 Å². The normalized spacial score (nSPS) is 15.4. The third kappa shape index (κ3) is 5.34. The molecule has 0 aromatic rings. The van der Waals surface area contributed by atoms with E-state index >= 15 is 0 Å². The molecule has 0 radical (unpaired) electrons. The number of carbonyl (C=O) groups excluding carboxylic acids is 1. The highest BCUT2D eigenvalue weighted by atomic mass is 16.5. The molecule has 2 heteroatoms. The number of rotatable bonds is 8. The van der Waals surface area contributed by atoms with Crippen molar-refractivity contribution in [1.82, 2.24) is 0 Å². The van der Waals surface area contributed by atoms with Gasteiger partial charge in [-0.2, -0.15) is 0 Å². The summed E-state index contributed by atoms with van der Waals surface area (Å²) in [6.45, 7) is 2.94. The second-order valence-electron chi connectivity index (χ2n) is 4.50. The molecule has 1 aliphatic rings. The molecule has 1 aliphatic heterocycles. The summed E-state index contributed by atoms with van der Waals surface area (Å²) in [4.78, 5) is 11.7. The number of unbranched alkanes of at least 4 members (excludes halogenated alkanes) is 5. The molecule has 0 atom stereocenters. The van der Waals surface area contributed by atoms with Gasteiger partial charge in [0.15, 0.2) is 11.5 Å². The van der Waals surface area contributed by atoms with Gasteiger partial charge >= 0.3 is 0 Å². The Labute approximate surface area is 99.1 Å². The highest BCUT2D eigenvalue weighted by Gasteiger charge is 2.12. The second-order valence-corrected chi connectivity index (χ2v) is 4.50. The first-order valence-corrected chi connectivity index (χ1v) is 6.70. The molecular weight excluding hydrogens is 200 g/mol. The lowest BCUT2D eigenvalue weighted by Gasteiger charge is -2.13. The Morgan fingerprint density at radius 3 is 2.69 bits per heavy atom. The van der Waals surface area contributed by atoms with Crippen molar-refractivity contribution in [2.24, 2.45) is 0 Å². The number of hydrogen-bond donors (Lipinski definition) is 0. The molecule has 1 rings (SSSR count). The molecule has 0 bridgehead atoms. The van der Waals surface area contributed by atoms with Gasteiger partial charge in [-0.05, 0) is 25.3 Å². The van der Waals surface area contributed by atoms with Crippen LogP contribution in [0.25, 0.3) is 0 Å². The number of allylic oxidation sites excluding steroid dienone is 2. The SMILES string of the molecule is CCCCCCCCC(=O)C1=CCCCO1. The van der Waals surface area contributed by atoms with Crippen molar-refractivity contribution in [2.45, 2.75) is 64.7 Å². The Hall–Kier alpha value is -0.790. The van der Waals surface area contributed by atoms with Crippen LogP contribution in [0.2, 0.25) is 0 Å². The van der Waals surface area contributed by atoms with Crippen LogP contribution >= 0.6 is 0 Å². The van der Waals surface area contributed by atoms with Gasteiger partial charge in [-0.3, -0.25) is 4.79 Å². The third-order valence-corrected chi connectivity index (χ3v) is 2.97. The molecule has 0 aromatic carbocycles. The summed E-state index contributed by atoms with van der Waals surface area (Å²) < 4.78 is 5.35. The van der Waals surface area contributed by atoms with Crippen molar-refractivity contribution in [3.05, 3.63) is 11.8 Å². The topological polar surface area (TPSA) is 26.3 Å². The quantitative estimate of drug-likeness (QED) is 0.582. The zero-order chi connectivity index (χ0) is 11.6. The maximum atomic E-state index is 11.7. The molecule has 92 valence electrons. The molecule has 0 amide bonds. The number of ether oxygens (including phenoxy) is 1. The molecule has 0 N–H and O–H groups in total. The van der Waals surface area contributed by atoms with Gasteiger partial charge in [-0.1, -0.05) is 39.0 Å². The Balaban J connectivity index is 2.04. The van der Waals surface area contributed by atoms with Crippen LogP contribution in [0, 0.1) is 0 Å². The fraction of sp³-hybridized carbons (Fsp3) is 0.786. The third-order valence-electron chi connectivity index (χ3n) is 2.97. The van der Waals surface area contributed by atoms with Crippen molar-refractivity contribution in [3.63, 3.8) is 0 Å². The van der Waals surface area contributed by atoms with E-state index in [9.17, 15) is 4.79 Å². The minimum Gasteiger partial charge on any atom is -0.490 e. The van der Waals surface area contributed by atoms with E-state index < -0.39 is 0 Å². The lowest BCUT2D eigenvalue weighted by atomic mass is 10.1. The zero-order valence-corrected chi connectivity index (χ0v) is 10.5. The van der Waals surface area contributed by atoms with Crippen LogP contribution in [0.15, 0.2) is 11.8 Å². The van der Waals surface area contributed by atoms with Gasteiger partial charge in [0, 0.05) is 6.42 Å². The average molecular weight is 224 g/mol. The second kappa shape index (κ2) is 8.37. The van der Waals surface area contributed by atoms with E-state index in [1.807, 2.05) is 6.08 Å². The molecule has 0 aliphatic carbocycles. The van der Waals surface area contributed by atoms with Crippen LogP contribution in [0.5, 0.6) is 0 Å². The summed E-state index contributed by atoms with van der Waals surface area (Å²) >= 11 is 0. The first-order chi connectivity index (χ1) is 7.84. The Morgan fingerprint density at radius 2 is 2.00 bits per heavy atom. The summed E-state index contributed by atoms with van der Waals surface area (Å²) in [7, 11) is 0. The Morgan fingerprint density at radius 1 is 1.25 bits per heavy atom. The van der Waals surface area contributed by atoms with E-state index in [4.69, 9.17) is 4.74 Å². The molecule has 16 heavy (non-hydrogen) atoms. The van der Waals surface area contributed by atoms with Gasteiger partial charge in [0.05, 0.1) is 6.61 Å². The summed E-state index contributed by atoms with van der Waals surface area (Å²) in [6.07, 6.45) is 12.0. The highest BCUT2D eigenvalue weighted by molar-refractivity contribution is 5.93. The molecular formula is C14H24O2. The lowest BCUT2D eigenvalue weighted by Crippen LogP contribution is -2.10. The van der Waals surface area contributed by atoms with Crippen LogP contribution in [0.3, 0.4) is 0 Å². The van der Waals surface area contributed by atoms with Crippen LogP contribution in [-0.2, 0) is 9.53 Å². The number of ketones is 1. The van der Waals surface area contributed by atoms with Crippen LogP contribution in [0.1, 0.15) is 64.7 Å².